The van der Waals surface area contributed by atoms with E-state index in [1.54, 1.807) is 16.2 Å². The van der Waals surface area contributed by atoms with Crippen LogP contribution in [-0.4, -0.2) is 53.8 Å². The predicted octanol–water partition coefficient (Wildman–Crippen LogP) is 3.21. The van der Waals surface area contributed by atoms with Crippen molar-refractivity contribution in [3.63, 3.8) is 0 Å². The summed E-state index contributed by atoms with van der Waals surface area (Å²) in [6, 6.07) is 10.8. The molecule has 29 heavy (non-hydrogen) atoms. The van der Waals surface area contributed by atoms with Crippen molar-refractivity contribution in [1.29, 1.82) is 0 Å². The van der Waals surface area contributed by atoms with Crippen molar-refractivity contribution in [3.05, 3.63) is 59.5 Å². The summed E-state index contributed by atoms with van der Waals surface area (Å²) in [5.74, 6) is -1.13. The second-order valence-corrected chi connectivity index (χ2v) is 7.43. The smallest absolute Gasteiger partial charge is 0.260 e. The number of rotatable bonds is 5. The van der Waals surface area contributed by atoms with Crippen LogP contribution >= 0.6 is 11.3 Å². The predicted molar refractivity (Wildman–Crippen MR) is 106 cm³/mol. The molecule has 150 valence electrons. The molecular formula is C20H18F2N4O2S. The number of amides is 1. The van der Waals surface area contributed by atoms with Crippen molar-refractivity contribution < 1.29 is 18.3 Å². The number of ether oxygens (including phenoxy) is 1. The summed E-state index contributed by atoms with van der Waals surface area (Å²) < 4.78 is 31.7. The third kappa shape index (κ3) is 4.51. The van der Waals surface area contributed by atoms with Gasteiger partial charge in [0, 0.05) is 32.2 Å². The maximum absolute atomic E-state index is 13.6. The Labute approximate surface area is 170 Å². The first-order chi connectivity index (χ1) is 14.1. The van der Waals surface area contributed by atoms with Gasteiger partial charge < -0.3 is 14.5 Å². The van der Waals surface area contributed by atoms with Gasteiger partial charge in [0.1, 0.15) is 11.5 Å². The van der Waals surface area contributed by atoms with E-state index in [0.29, 0.717) is 26.2 Å². The first kappa shape index (κ1) is 19.3. The molecule has 0 spiro atoms. The van der Waals surface area contributed by atoms with Crippen LogP contribution in [0.2, 0.25) is 0 Å². The van der Waals surface area contributed by atoms with Gasteiger partial charge in [-0.1, -0.05) is 6.07 Å². The first-order valence-corrected chi connectivity index (χ1v) is 9.96. The number of carbonyl (C=O) groups is 1. The van der Waals surface area contributed by atoms with E-state index in [-0.39, 0.29) is 18.3 Å². The second kappa shape index (κ2) is 8.52. The van der Waals surface area contributed by atoms with Crippen molar-refractivity contribution in [2.45, 2.75) is 0 Å². The average molecular weight is 416 g/mol. The molecule has 1 aliphatic heterocycles. The highest BCUT2D eigenvalue weighted by atomic mass is 32.1. The topological polar surface area (TPSA) is 58.6 Å². The number of nitrogens with zero attached hydrogens (tertiary/aromatic N) is 4. The van der Waals surface area contributed by atoms with E-state index < -0.39 is 11.6 Å². The zero-order valence-corrected chi connectivity index (χ0v) is 16.2. The minimum absolute atomic E-state index is 0.139. The molecule has 2 aromatic heterocycles. The molecular weight excluding hydrogens is 398 g/mol. The number of aromatic nitrogens is 2. The van der Waals surface area contributed by atoms with E-state index in [1.165, 1.54) is 6.07 Å². The summed E-state index contributed by atoms with van der Waals surface area (Å²) in [5.41, 5.74) is 0.836. The Bertz CT molecular complexity index is 975. The minimum Gasteiger partial charge on any atom is -0.481 e. The summed E-state index contributed by atoms with van der Waals surface area (Å²) in [7, 11) is 0. The molecule has 9 heteroatoms. The molecule has 1 aromatic carbocycles. The van der Waals surface area contributed by atoms with E-state index >= 15 is 0 Å². The molecule has 1 fully saturated rings. The van der Waals surface area contributed by atoms with Crippen LogP contribution in [0.5, 0.6) is 5.75 Å². The van der Waals surface area contributed by atoms with Gasteiger partial charge in [-0.05, 0) is 35.7 Å². The van der Waals surface area contributed by atoms with Gasteiger partial charge >= 0.3 is 0 Å². The summed E-state index contributed by atoms with van der Waals surface area (Å²) in [5, 5.41) is 10.6. The molecule has 0 bridgehead atoms. The Morgan fingerprint density at radius 2 is 1.90 bits per heavy atom. The Hall–Kier alpha value is -3.07. The number of piperazine rings is 1. The summed E-state index contributed by atoms with van der Waals surface area (Å²) in [6.07, 6.45) is 0. The quantitative estimate of drug-likeness (QED) is 0.639. The van der Waals surface area contributed by atoms with Crippen LogP contribution in [0.4, 0.5) is 14.6 Å². The van der Waals surface area contributed by atoms with Crippen LogP contribution in [0.1, 0.15) is 0 Å². The highest BCUT2D eigenvalue weighted by Gasteiger charge is 2.23. The Morgan fingerprint density at radius 1 is 1.07 bits per heavy atom. The normalized spacial score (nSPS) is 14.1. The lowest BCUT2D eigenvalue weighted by molar-refractivity contribution is -0.133. The van der Waals surface area contributed by atoms with Gasteiger partial charge in [0.25, 0.3) is 5.91 Å². The van der Waals surface area contributed by atoms with Gasteiger partial charge in [-0.25, -0.2) is 8.78 Å². The molecule has 6 nitrogen and oxygen atoms in total. The van der Waals surface area contributed by atoms with Crippen LogP contribution < -0.4 is 9.64 Å². The van der Waals surface area contributed by atoms with Gasteiger partial charge in [-0.15, -0.1) is 21.5 Å². The number of hydrogen-bond donors (Lipinski definition) is 0. The van der Waals surface area contributed by atoms with Gasteiger partial charge in [-0.3, -0.25) is 4.79 Å². The molecule has 4 rings (SSSR count). The molecule has 3 aromatic rings. The van der Waals surface area contributed by atoms with Crippen molar-refractivity contribution in [2.75, 3.05) is 37.7 Å². The Morgan fingerprint density at radius 3 is 2.55 bits per heavy atom. The van der Waals surface area contributed by atoms with E-state index in [9.17, 15) is 13.6 Å². The number of thiophene rings is 1. The highest BCUT2D eigenvalue weighted by molar-refractivity contribution is 7.13. The number of halogens is 2. The minimum atomic E-state index is -0.827. The monoisotopic (exact) mass is 416 g/mol. The van der Waals surface area contributed by atoms with Crippen molar-refractivity contribution in [1.82, 2.24) is 15.1 Å². The van der Waals surface area contributed by atoms with Gasteiger partial charge in [0.15, 0.2) is 24.0 Å². The molecule has 1 amide bonds. The van der Waals surface area contributed by atoms with E-state index in [2.05, 4.69) is 15.1 Å². The summed E-state index contributed by atoms with van der Waals surface area (Å²) in [4.78, 5) is 17.1. The maximum Gasteiger partial charge on any atom is 0.260 e. The fourth-order valence-corrected chi connectivity index (χ4v) is 3.75. The van der Waals surface area contributed by atoms with E-state index in [1.807, 2.05) is 29.6 Å². The van der Waals surface area contributed by atoms with E-state index in [4.69, 9.17) is 4.74 Å². The molecule has 0 aliphatic carbocycles. The number of hydrogen-bond acceptors (Lipinski definition) is 6. The number of anilines is 1. The highest BCUT2D eigenvalue weighted by Crippen LogP contribution is 2.23. The van der Waals surface area contributed by atoms with Crippen molar-refractivity contribution >= 4 is 23.1 Å². The van der Waals surface area contributed by atoms with Crippen molar-refractivity contribution in [3.8, 4) is 16.3 Å². The standard InChI is InChI=1S/C20H18F2N4O2S/c21-14-3-5-17(15(22)12-14)28-13-20(27)26-9-7-25(8-10-26)19-6-4-16(23-24-19)18-2-1-11-29-18/h1-6,11-12H,7-10,13H2. The summed E-state index contributed by atoms with van der Waals surface area (Å²) >= 11 is 1.61. The Kier molecular flexibility index (Phi) is 5.66. The van der Waals surface area contributed by atoms with Crippen LogP contribution in [0.3, 0.4) is 0 Å². The maximum atomic E-state index is 13.6. The third-order valence-corrected chi connectivity index (χ3v) is 5.52. The van der Waals surface area contributed by atoms with Crippen LogP contribution in [-0.2, 0) is 4.79 Å². The fourth-order valence-electron chi connectivity index (χ4n) is 3.06. The molecule has 0 unspecified atom stereocenters. The van der Waals surface area contributed by atoms with Crippen LogP contribution in [0.25, 0.3) is 10.6 Å². The summed E-state index contributed by atoms with van der Waals surface area (Å²) in [6.45, 7) is 1.94. The molecule has 0 radical (unpaired) electrons. The average Bonchev–Trinajstić information content (AvgIpc) is 3.28. The molecule has 0 saturated carbocycles. The number of benzene rings is 1. The van der Waals surface area contributed by atoms with Gasteiger partial charge in [-0.2, -0.15) is 0 Å². The van der Waals surface area contributed by atoms with Crippen LogP contribution in [0.15, 0.2) is 47.8 Å². The lowest BCUT2D eigenvalue weighted by Gasteiger charge is -2.35. The van der Waals surface area contributed by atoms with Gasteiger partial charge in [0.2, 0.25) is 0 Å². The zero-order chi connectivity index (χ0) is 20.2. The zero-order valence-electron chi connectivity index (χ0n) is 15.4. The van der Waals surface area contributed by atoms with Crippen LogP contribution in [0, 0.1) is 11.6 Å². The Balaban J connectivity index is 1.29. The fraction of sp³-hybridized carbons (Fsp3) is 0.250. The van der Waals surface area contributed by atoms with Gasteiger partial charge in [0.05, 0.1) is 4.88 Å². The van der Waals surface area contributed by atoms with Crippen molar-refractivity contribution in [2.24, 2.45) is 0 Å². The molecule has 3 heterocycles. The molecule has 1 saturated heterocycles. The lowest BCUT2D eigenvalue weighted by atomic mass is 10.3. The first-order valence-electron chi connectivity index (χ1n) is 9.08. The number of carbonyl (C=O) groups excluding carboxylic acids is 1. The molecule has 0 N–H and O–H groups in total. The second-order valence-electron chi connectivity index (χ2n) is 6.49. The third-order valence-electron chi connectivity index (χ3n) is 4.63. The largest absolute Gasteiger partial charge is 0.481 e. The lowest BCUT2D eigenvalue weighted by Crippen LogP contribution is -2.50. The van der Waals surface area contributed by atoms with E-state index in [0.717, 1.165) is 28.5 Å². The molecule has 0 atom stereocenters. The SMILES string of the molecule is O=C(COc1ccc(F)cc1F)N1CCN(c2ccc(-c3cccs3)nn2)CC1. The molecule has 1 aliphatic rings.